The largest absolute Gasteiger partial charge is 0.314 e. The molecule has 74 valence electrons. The maximum atomic E-state index is 3.47. The summed E-state index contributed by atoms with van der Waals surface area (Å²) in [4.78, 5) is 0. The molecule has 0 bridgehead atoms. The maximum Gasteiger partial charge on any atom is 0.00104 e. The average Bonchev–Trinajstić information content (AvgIpc) is 2.00. The first-order valence-corrected chi connectivity index (χ1v) is 5.29. The molecule has 1 nitrogen and oxygen atoms in total. The highest BCUT2D eigenvalue weighted by atomic mass is 14.9. The molecule has 0 aliphatic rings. The van der Waals surface area contributed by atoms with Gasteiger partial charge in [0.2, 0.25) is 0 Å². The number of hydrogen-bond acceptors (Lipinski definition) is 1. The maximum absolute atomic E-state index is 3.47. The highest BCUT2D eigenvalue weighted by Crippen LogP contribution is 2.13. The first-order chi connectivity index (χ1) is 5.56. The monoisotopic (exact) mass is 171 g/mol. The van der Waals surface area contributed by atoms with Gasteiger partial charge in [-0.3, -0.25) is 0 Å². The molecule has 0 spiro atoms. The van der Waals surface area contributed by atoms with E-state index in [1.807, 2.05) is 0 Å². The summed E-state index contributed by atoms with van der Waals surface area (Å²) in [6.07, 6.45) is 2.67. The topological polar surface area (TPSA) is 12.0 Å². The van der Waals surface area contributed by atoms with Crippen LogP contribution in [0.1, 0.15) is 47.5 Å². The number of hydrogen-bond donors (Lipinski definition) is 1. The summed E-state index contributed by atoms with van der Waals surface area (Å²) in [5, 5.41) is 3.47. The fourth-order valence-corrected chi connectivity index (χ4v) is 1.37. The van der Waals surface area contributed by atoms with Gasteiger partial charge in [-0.25, -0.2) is 0 Å². The second kappa shape index (κ2) is 6.47. The van der Waals surface area contributed by atoms with Crippen LogP contribution in [-0.2, 0) is 0 Å². The molecule has 1 heteroatoms. The van der Waals surface area contributed by atoms with Gasteiger partial charge in [-0.15, -0.1) is 0 Å². The summed E-state index contributed by atoms with van der Waals surface area (Å²) >= 11 is 0. The van der Waals surface area contributed by atoms with Gasteiger partial charge in [0, 0.05) is 6.04 Å². The van der Waals surface area contributed by atoms with E-state index >= 15 is 0 Å². The fraction of sp³-hybridized carbons (Fsp3) is 1.00. The van der Waals surface area contributed by atoms with Crippen LogP contribution >= 0.6 is 0 Å². The van der Waals surface area contributed by atoms with Crippen molar-refractivity contribution < 1.29 is 0 Å². The van der Waals surface area contributed by atoms with Crippen molar-refractivity contribution >= 4 is 0 Å². The average molecular weight is 171 g/mol. The zero-order valence-electron chi connectivity index (χ0n) is 9.35. The van der Waals surface area contributed by atoms with Crippen LogP contribution in [0.5, 0.6) is 0 Å². The standard InChI is InChI=1S/C11H25N/c1-6-10(4)7-11(5)8-12-9(2)3/h9-12H,6-8H2,1-5H3. The van der Waals surface area contributed by atoms with E-state index in [-0.39, 0.29) is 0 Å². The van der Waals surface area contributed by atoms with E-state index < -0.39 is 0 Å². The van der Waals surface area contributed by atoms with Crippen molar-refractivity contribution in [3.05, 3.63) is 0 Å². The molecular formula is C11H25N. The molecule has 0 saturated carbocycles. The van der Waals surface area contributed by atoms with E-state index in [9.17, 15) is 0 Å². The van der Waals surface area contributed by atoms with Gasteiger partial charge in [0.15, 0.2) is 0 Å². The first kappa shape index (κ1) is 12.0. The third kappa shape index (κ3) is 6.66. The number of rotatable bonds is 6. The zero-order chi connectivity index (χ0) is 9.56. The van der Waals surface area contributed by atoms with Gasteiger partial charge in [-0.2, -0.15) is 0 Å². The van der Waals surface area contributed by atoms with E-state index in [0.29, 0.717) is 6.04 Å². The van der Waals surface area contributed by atoms with Gasteiger partial charge in [0.05, 0.1) is 0 Å². The smallest absolute Gasteiger partial charge is 0.00104 e. The summed E-state index contributed by atoms with van der Waals surface area (Å²) in [6, 6.07) is 0.629. The molecule has 0 amide bonds. The molecule has 0 saturated heterocycles. The van der Waals surface area contributed by atoms with Crippen molar-refractivity contribution in [3.63, 3.8) is 0 Å². The molecule has 2 unspecified atom stereocenters. The Morgan fingerprint density at radius 1 is 1.00 bits per heavy atom. The SMILES string of the molecule is CCC(C)CC(C)CNC(C)C. The Hall–Kier alpha value is -0.0400. The van der Waals surface area contributed by atoms with Crippen molar-refractivity contribution in [3.8, 4) is 0 Å². The Morgan fingerprint density at radius 2 is 1.58 bits per heavy atom. The van der Waals surface area contributed by atoms with Gasteiger partial charge < -0.3 is 5.32 Å². The summed E-state index contributed by atoms with van der Waals surface area (Å²) in [5.41, 5.74) is 0. The zero-order valence-corrected chi connectivity index (χ0v) is 9.35. The van der Waals surface area contributed by atoms with Gasteiger partial charge in [0.25, 0.3) is 0 Å². The fourth-order valence-electron chi connectivity index (χ4n) is 1.37. The minimum absolute atomic E-state index is 0.629. The Labute approximate surface area is 77.9 Å². The minimum atomic E-state index is 0.629. The predicted molar refractivity (Wildman–Crippen MR) is 56.4 cm³/mol. The van der Waals surface area contributed by atoms with Crippen molar-refractivity contribution in [2.75, 3.05) is 6.54 Å². The molecular weight excluding hydrogens is 146 g/mol. The molecule has 0 aliphatic carbocycles. The van der Waals surface area contributed by atoms with E-state index in [1.165, 1.54) is 19.4 Å². The van der Waals surface area contributed by atoms with Gasteiger partial charge in [0.1, 0.15) is 0 Å². The summed E-state index contributed by atoms with van der Waals surface area (Å²) < 4.78 is 0. The lowest BCUT2D eigenvalue weighted by Gasteiger charge is -2.17. The van der Waals surface area contributed by atoms with E-state index in [4.69, 9.17) is 0 Å². The first-order valence-electron chi connectivity index (χ1n) is 5.29. The normalized spacial score (nSPS) is 16.5. The quantitative estimate of drug-likeness (QED) is 0.647. The Bertz CT molecular complexity index is 99.2. The van der Waals surface area contributed by atoms with Crippen LogP contribution in [0.4, 0.5) is 0 Å². The highest BCUT2D eigenvalue weighted by Gasteiger charge is 2.06. The van der Waals surface area contributed by atoms with Crippen LogP contribution in [0.25, 0.3) is 0 Å². The summed E-state index contributed by atoms with van der Waals surface area (Å²) in [7, 11) is 0. The lowest BCUT2D eigenvalue weighted by molar-refractivity contribution is 0.377. The van der Waals surface area contributed by atoms with Crippen LogP contribution in [0, 0.1) is 11.8 Å². The summed E-state index contributed by atoms with van der Waals surface area (Å²) in [6.45, 7) is 12.5. The van der Waals surface area contributed by atoms with Crippen molar-refractivity contribution in [2.45, 2.75) is 53.5 Å². The molecule has 0 aromatic heterocycles. The van der Waals surface area contributed by atoms with Gasteiger partial charge >= 0.3 is 0 Å². The molecule has 0 fully saturated rings. The minimum Gasteiger partial charge on any atom is -0.314 e. The highest BCUT2D eigenvalue weighted by molar-refractivity contribution is 4.62. The molecule has 0 aromatic carbocycles. The lowest BCUT2D eigenvalue weighted by atomic mass is 9.95. The third-order valence-corrected chi connectivity index (χ3v) is 2.38. The van der Waals surface area contributed by atoms with E-state index in [1.54, 1.807) is 0 Å². The Morgan fingerprint density at radius 3 is 2.00 bits per heavy atom. The van der Waals surface area contributed by atoms with Crippen molar-refractivity contribution in [1.82, 2.24) is 5.32 Å². The molecule has 0 heterocycles. The summed E-state index contributed by atoms with van der Waals surface area (Å²) in [5.74, 6) is 1.70. The number of nitrogens with one attached hydrogen (secondary N) is 1. The molecule has 0 aromatic rings. The second-order valence-electron chi connectivity index (χ2n) is 4.42. The molecule has 1 N–H and O–H groups in total. The second-order valence-corrected chi connectivity index (χ2v) is 4.42. The van der Waals surface area contributed by atoms with E-state index in [2.05, 4.69) is 39.9 Å². The van der Waals surface area contributed by atoms with Crippen molar-refractivity contribution in [2.24, 2.45) is 11.8 Å². The van der Waals surface area contributed by atoms with Crippen LogP contribution in [-0.4, -0.2) is 12.6 Å². The van der Waals surface area contributed by atoms with E-state index in [0.717, 1.165) is 11.8 Å². The predicted octanol–water partition coefficient (Wildman–Crippen LogP) is 3.06. The van der Waals surface area contributed by atoms with Crippen LogP contribution in [0.2, 0.25) is 0 Å². The third-order valence-electron chi connectivity index (χ3n) is 2.38. The van der Waals surface area contributed by atoms with Gasteiger partial charge in [-0.05, 0) is 24.8 Å². The Balaban J connectivity index is 3.39. The van der Waals surface area contributed by atoms with Crippen LogP contribution < -0.4 is 5.32 Å². The van der Waals surface area contributed by atoms with Crippen LogP contribution in [0.3, 0.4) is 0 Å². The Kier molecular flexibility index (Phi) is 6.45. The lowest BCUT2D eigenvalue weighted by Crippen LogP contribution is -2.28. The molecule has 0 radical (unpaired) electrons. The molecule has 2 atom stereocenters. The molecule has 0 rings (SSSR count). The molecule has 0 aliphatic heterocycles. The van der Waals surface area contributed by atoms with Crippen molar-refractivity contribution in [1.29, 1.82) is 0 Å². The van der Waals surface area contributed by atoms with Gasteiger partial charge in [-0.1, -0.05) is 41.0 Å². The molecule has 12 heavy (non-hydrogen) atoms. The van der Waals surface area contributed by atoms with Crippen LogP contribution in [0.15, 0.2) is 0 Å².